The number of carboxylic acid groups (broad SMARTS) is 1. The second kappa shape index (κ2) is 5.28. The summed E-state index contributed by atoms with van der Waals surface area (Å²) < 4.78 is 19.2. The Kier molecular flexibility index (Phi) is 3.31. The number of carboxylic acids is 1. The molecule has 0 aliphatic heterocycles. The van der Waals surface area contributed by atoms with E-state index in [0.717, 1.165) is 5.56 Å². The van der Waals surface area contributed by atoms with E-state index >= 15 is 0 Å². The molecule has 106 valence electrons. The fourth-order valence-electron chi connectivity index (χ4n) is 2.14. The lowest BCUT2D eigenvalue weighted by Crippen LogP contribution is -1.96. The molecule has 2 N–H and O–H groups in total. The molecule has 0 atom stereocenters. The number of hydrogen-bond acceptors (Lipinski definition) is 2. The molecule has 1 heterocycles. The van der Waals surface area contributed by atoms with E-state index in [1.807, 2.05) is 30.3 Å². The summed E-state index contributed by atoms with van der Waals surface area (Å²) in [5.74, 6) is -1.26. The van der Waals surface area contributed by atoms with Crippen LogP contribution in [0.25, 0.3) is 10.9 Å². The van der Waals surface area contributed by atoms with Crippen LogP contribution in [-0.2, 0) is 6.61 Å². The normalized spacial score (nSPS) is 10.7. The predicted molar refractivity (Wildman–Crippen MR) is 76.0 cm³/mol. The monoisotopic (exact) mass is 285 g/mol. The van der Waals surface area contributed by atoms with Gasteiger partial charge in [-0.05, 0) is 17.7 Å². The SMILES string of the molecule is O=C(O)c1cc2c(OCc3ccccc3)cc(F)cc2[nH]1. The topological polar surface area (TPSA) is 62.3 Å². The molecule has 0 aliphatic rings. The lowest BCUT2D eigenvalue weighted by Gasteiger charge is -2.07. The van der Waals surface area contributed by atoms with E-state index < -0.39 is 11.8 Å². The molecule has 0 spiro atoms. The van der Waals surface area contributed by atoms with Gasteiger partial charge in [-0.2, -0.15) is 0 Å². The molecule has 0 bridgehead atoms. The molecule has 4 nitrogen and oxygen atoms in total. The summed E-state index contributed by atoms with van der Waals surface area (Å²) in [7, 11) is 0. The first kappa shape index (κ1) is 13.2. The fourth-order valence-corrected chi connectivity index (χ4v) is 2.14. The zero-order chi connectivity index (χ0) is 14.8. The molecule has 21 heavy (non-hydrogen) atoms. The van der Waals surface area contributed by atoms with Gasteiger partial charge >= 0.3 is 5.97 Å². The molecule has 1 aromatic heterocycles. The summed E-state index contributed by atoms with van der Waals surface area (Å²) in [6, 6.07) is 13.4. The summed E-state index contributed by atoms with van der Waals surface area (Å²) >= 11 is 0. The maximum absolute atomic E-state index is 13.6. The van der Waals surface area contributed by atoms with Crippen LogP contribution in [0.2, 0.25) is 0 Å². The number of aromatic nitrogens is 1. The van der Waals surface area contributed by atoms with Crippen LogP contribution >= 0.6 is 0 Å². The maximum Gasteiger partial charge on any atom is 0.352 e. The Hall–Kier alpha value is -2.82. The Morgan fingerprint density at radius 1 is 1.19 bits per heavy atom. The molecule has 0 saturated heterocycles. The van der Waals surface area contributed by atoms with Crippen molar-refractivity contribution in [2.24, 2.45) is 0 Å². The van der Waals surface area contributed by atoms with Crippen molar-refractivity contribution in [2.45, 2.75) is 6.61 Å². The third kappa shape index (κ3) is 2.72. The highest BCUT2D eigenvalue weighted by molar-refractivity contribution is 5.96. The van der Waals surface area contributed by atoms with Gasteiger partial charge in [-0.1, -0.05) is 30.3 Å². The number of aromatic amines is 1. The molecule has 0 unspecified atom stereocenters. The largest absolute Gasteiger partial charge is 0.488 e. The number of benzene rings is 2. The van der Waals surface area contributed by atoms with Gasteiger partial charge in [0.25, 0.3) is 0 Å². The van der Waals surface area contributed by atoms with Crippen LogP contribution in [0.15, 0.2) is 48.5 Å². The number of H-pyrrole nitrogens is 1. The van der Waals surface area contributed by atoms with Gasteiger partial charge in [-0.3, -0.25) is 0 Å². The summed E-state index contributed by atoms with van der Waals surface area (Å²) in [4.78, 5) is 13.6. The number of rotatable bonds is 4. The van der Waals surface area contributed by atoms with Gasteiger partial charge in [0.2, 0.25) is 0 Å². The number of halogens is 1. The van der Waals surface area contributed by atoms with Gasteiger partial charge in [0, 0.05) is 11.5 Å². The van der Waals surface area contributed by atoms with Crippen LogP contribution in [0.3, 0.4) is 0 Å². The average molecular weight is 285 g/mol. The van der Waals surface area contributed by atoms with Crippen molar-refractivity contribution in [1.82, 2.24) is 4.98 Å². The highest BCUT2D eigenvalue weighted by Crippen LogP contribution is 2.28. The summed E-state index contributed by atoms with van der Waals surface area (Å²) in [6.45, 7) is 0.285. The lowest BCUT2D eigenvalue weighted by atomic mass is 10.2. The minimum Gasteiger partial charge on any atom is -0.488 e. The molecular formula is C16H12FNO3. The summed E-state index contributed by atoms with van der Waals surface area (Å²) in [6.07, 6.45) is 0. The molecule has 5 heteroatoms. The second-order valence-electron chi connectivity index (χ2n) is 4.63. The van der Waals surface area contributed by atoms with Crippen molar-refractivity contribution in [3.05, 3.63) is 65.6 Å². The van der Waals surface area contributed by atoms with E-state index in [0.29, 0.717) is 16.7 Å². The Morgan fingerprint density at radius 3 is 2.67 bits per heavy atom. The van der Waals surface area contributed by atoms with Crippen molar-refractivity contribution in [3.63, 3.8) is 0 Å². The molecule has 0 aliphatic carbocycles. The Morgan fingerprint density at radius 2 is 1.95 bits per heavy atom. The van der Waals surface area contributed by atoms with Crippen LogP contribution in [0.5, 0.6) is 5.75 Å². The predicted octanol–water partition coefficient (Wildman–Crippen LogP) is 3.58. The highest BCUT2D eigenvalue weighted by Gasteiger charge is 2.13. The van der Waals surface area contributed by atoms with Crippen LogP contribution in [0.4, 0.5) is 4.39 Å². The second-order valence-corrected chi connectivity index (χ2v) is 4.63. The molecule has 0 saturated carbocycles. The molecule has 0 fully saturated rings. The molecule has 3 aromatic rings. The smallest absolute Gasteiger partial charge is 0.352 e. The van der Waals surface area contributed by atoms with E-state index in [1.165, 1.54) is 18.2 Å². The third-order valence-corrected chi connectivity index (χ3v) is 3.13. The number of aromatic carboxylic acids is 1. The zero-order valence-corrected chi connectivity index (χ0v) is 11.0. The van der Waals surface area contributed by atoms with Crippen molar-refractivity contribution in [3.8, 4) is 5.75 Å². The van der Waals surface area contributed by atoms with E-state index in [2.05, 4.69) is 4.98 Å². The van der Waals surface area contributed by atoms with Crippen molar-refractivity contribution in [1.29, 1.82) is 0 Å². The Bertz CT molecular complexity index is 796. The Balaban J connectivity index is 1.95. The maximum atomic E-state index is 13.6. The highest BCUT2D eigenvalue weighted by atomic mass is 19.1. The molecule has 3 rings (SSSR count). The number of carbonyl (C=O) groups is 1. The van der Waals surface area contributed by atoms with E-state index in [9.17, 15) is 9.18 Å². The third-order valence-electron chi connectivity index (χ3n) is 3.13. The van der Waals surface area contributed by atoms with Gasteiger partial charge < -0.3 is 14.8 Å². The van der Waals surface area contributed by atoms with Crippen molar-refractivity contribution >= 4 is 16.9 Å². The standard InChI is InChI=1S/C16H12FNO3/c17-11-6-13-12(8-14(18-13)16(19)20)15(7-11)21-9-10-4-2-1-3-5-10/h1-8,18H,9H2,(H,19,20). The van der Waals surface area contributed by atoms with Crippen LogP contribution < -0.4 is 4.74 Å². The van der Waals surface area contributed by atoms with Gasteiger partial charge in [0.1, 0.15) is 23.9 Å². The minimum absolute atomic E-state index is 0.000149. The van der Waals surface area contributed by atoms with Crippen LogP contribution in [0, 0.1) is 5.82 Å². The first-order chi connectivity index (χ1) is 10.1. The molecule has 2 aromatic carbocycles. The lowest BCUT2D eigenvalue weighted by molar-refractivity contribution is 0.0691. The summed E-state index contributed by atoms with van der Waals surface area (Å²) in [5, 5.41) is 9.53. The average Bonchev–Trinajstić information content (AvgIpc) is 2.90. The number of nitrogens with one attached hydrogen (secondary N) is 1. The first-order valence-corrected chi connectivity index (χ1v) is 6.36. The van der Waals surface area contributed by atoms with E-state index in [1.54, 1.807) is 0 Å². The molecule has 0 radical (unpaired) electrons. The zero-order valence-electron chi connectivity index (χ0n) is 11.0. The fraction of sp³-hybridized carbons (Fsp3) is 0.0625. The first-order valence-electron chi connectivity index (χ1n) is 6.36. The van der Waals surface area contributed by atoms with Gasteiger partial charge in [0.15, 0.2) is 0 Å². The Labute approximate surface area is 119 Å². The van der Waals surface area contributed by atoms with Crippen molar-refractivity contribution < 1.29 is 19.0 Å². The summed E-state index contributed by atoms with van der Waals surface area (Å²) in [5.41, 5.74) is 1.35. The van der Waals surface area contributed by atoms with Gasteiger partial charge in [-0.25, -0.2) is 9.18 Å². The molecular weight excluding hydrogens is 273 g/mol. The number of fused-ring (bicyclic) bond motifs is 1. The van der Waals surface area contributed by atoms with Crippen molar-refractivity contribution in [2.75, 3.05) is 0 Å². The number of ether oxygens (including phenoxy) is 1. The van der Waals surface area contributed by atoms with Gasteiger partial charge in [-0.15, -0.1) is 0 Å². The number of hydrogen-bond donors (Lipinski definition) is 2. The quantitative estimate of drug-likeness (QED) is 0.770. The van der Waals surface area contributed by atoms with Crippen LogP contribution in [0.1, 0.15) is 16.1 Å². The van der Waals surface area contributed by atoms with Crippen LogP contribution in [-0.4, -0.2) is 16.1 Å². The van der Waals surface area contributed by atoms with Gasteiger partial charge in [0.05, 0.1) is 5.52 Å². The van der Waals surface area contributed by atoms with E-state index in [4.69, 9.17) is 9.84 Å². The minimum atomic E-state index is -1.10. The van der Waals surface area contributed by atoms with E-state index in [-0.39, 0.29) is 12.3 Å². The molecule has 0 amide bonds.